The van der Waals surface area contributed by atoms with Crippen molar-refractivity contribution in [3.8, 4) is 5.75 Å². The normalized spacial score (nSPS) is 11.1. The van der Waals surface area contributed by atoms with Gasteiger partial charge in [0.15, 0.2) is 0 Å². The minimum Gasteiger partial charge on any atom is -0.490 e. The summed E-state index contributed by atoms with van der Waals surface area (Å²) in [7, 11) is 0. The van der Waals surface area contributed by atoms with Crippen LogP contribution in [0.1, 0.15) is 30.9 Å². The molecule has 2 rings (SSSR count). The van der Waals surface area contributed by atoms with Crippen molar-refractivity contribution in [2.45, 2.75) is 19.8 Å². The van der Waals surface area contributed by atoms with Crippen LogP contribution in [0.2, 0.25) is 0 Å². The highest BCUT2D eigenvalue weighted by Crippen LogP contribution is 2.15. The average Bonchev–Trinajstić information content (AvgIpc) is 2.45. The number of benzene rings is 2. The molecule has 0 saturated heterocycles. The second-order valence-corrected chi connectivity index (χ2v) is 4.85. The molecule has 0 heterocycles. The van der Waals surface area contributed by atoms with Crippen LogP contribution < -0.4 is 4.74 Å². The highest BCUT2D eigenvalue weighted by atomic mass is 16.5. The van der Waals surface area contributed by atoms with Gasteiger partial charge in [-0.25, -0.2) is 0 Å². The second kappa shape index (κ2) is 6.79. The van der Waals surface area contributed by atoms with Crippen molar-refractivity contribution in [1.29, 1.82) is 0 Å². The summed E-state index contributed by atoms with van der Waals surface area (Å²) < 4.78 is 5.60. The fourth-order valence-electron chi connectivity index (χ4n) is 1.84. The van der Waals surface area contributed by atoms with Crippen molar-refractivity contribution in [2.24, 2.45) is 0 Å². The van der Waals surface area contributed by atoms with Crippen LogP contribution in [0, 0.1) is 0 Å². The van der Waals surface area contributed by atoms with Gasteiger partial charge < -0.3 is 4.74 Å². The highest BCUT2D eigenvalue weighted by Gasteiger charge is 1.96. The largest absolute Gasteiger partial charge is 0.490 e. The monoisotopic (exact) mass is 252 g/mol. The third kappa shape index (κ3) is 4.29. The summed E-state index contributed by atoms with van der Waals surface area (Å²) >= 11 is 0. The molecule has 0 aromatic heterocycles. The molecule has 98 valence electrons. The first-order chi connectivity index (χ1) is 9.25. The Morgan fingerprint density at radius 3 is 2.26 bits per heavy atom. The molecule has 0 amide bonds. The molecule has 0 N–H and O–H groups in total. The van der Waals surface area contributed by atoms with E-state index in [0.717, 1.165) is 5.75 Å². The van der Waals surface area contributed by atoms with Crippen molar-refractivity contribution >= 4 is 6.08 Å². The molecule has 0 aliphatic carbocycles. The lowest BCUT2D eigenvalue weighted by Crippen LogP contribution is -1.92. The first-order valence-electron chi connectivity index (χ1n) is 6.70. The van der Waals surface area contributed by atoms with E-state index >= 15 is 0 Å². The number of hydrogen-bond donors (Lipinski definition) is 0. The maximum Gasteiger partial charge on any atom is 0.119 e. The minimum atomic E-state index is 0.583. The Morgan fingerprint density at radius 2 is 1.63 bits per heavy atom. The van der Waals surface area contributed by atoms with Crippen LogP contribution in [0.3, 0.4) is 0 Å². The maximum atomic E-state index is 5.60. The van der Waals surface area contributed by atoms with Gasteiger partial charge in [0, 0.05) is 0 Å². The van der Waals surface area contributed by atoms with E-state index in [1.165, 1.54) is 11.1 Å². The Morgan fingerprint density at radius 1 is 0.947 bits per heavy atom. The minimum absolute atomic E-state index is 0.583. The van der Waals surface area contributed by atoms with Crippen LogP contribution in [0.15, 0.2) is 60.7 Å². The average molecular weight is 252 g/mol. The van der Waals surface area contributed by atoms with E-state index in [9.17, 15) is 0 Å². The predicted octanol–water partition coefficient (Wildman–Crippen LogP) is 4.90. The van der Waals surface area contributed by atoms with Gasteiger partial charge in [-0.3, -0.25) is 0 Å². The van der Waals surface area contributed by atoms with E-state index in [1.807, 2.05) is 36.4 Å². The van der Waals surface area contributed by atoms with E-state index in [4.69, 9.17) is 4.74 Å². The number of ether oxygens (including phenoxy) is 1. The third-order valence-electron chi connectivity index (χ3n) is 3.00. The summed E-state index contributed by atoms with van der Waals surface area (Å²) in [5.41, 5.74) is 2.58. The van der Waals surface area contributed by atoms with E-state index in [0.29, 0.717) is 12.5 Å². The topological polar surface area (TPSA) is 9.23 Å². The van der Waals surface area contributed by atoms with Gasteiger partial charge in [0.2, 0.25) is 0 Å². The Kier molecular flexibility index (Phi) is 4.79. The molecule has 19 heavy (non-hydrogen) atoms. The Hall–Kier alpha value is -2.02. The quantitative estimate of drug-likeness (QED) is 0.735. The summed E-state index contributed by atoms with van der Waals surface area (Å²) in [5.74, 6) is 1.49. The lowest BCUT2D eigenvalue weighted by Gasteiger charge is -2.05. The van der Waals surface area contributed by atoms with Crippen LogP contribution in [0.5, 0.6) is 5.75 Å². The van der Waals surface area contributed by atoms with Gasteiger partial charge in [-0.1, -0.05) is 62.4 Å². The molecule has 0 atom stereocenters. The standard InChI is InChI=1S/C18H20O/c1-15(2)17-12-10-16(11-13-17)7-6-14-19-18-8-4-3-5-9-18/h3-13,15H,14H2,1-2H3/b7-6+. The molecule has 2 aromatic rings. The van der Waals surface area contributed by atoms with Gasteiger partial charge in [0.25, 0.3) is 0 Å². The summed E-state index contributed by atoms with van der Waals surface area (Å²) in [6, 6.07) is 18.5. The van der Waals surface area contributed by atoms with Crippen LogP contribution >= 0.6 is 0 Å². The molecule has 0 unspecified atom stereocenters. The van der Waals surface area contributed by atoms with Gasteiger partial charge in [-0.05, 0) is 35.3 Å². The molecule has 0 radical (unpaired) electrons. The fourth-order valence-corrected chi connectivity index (χ4v) is 1.84. The zero-order valence-corrected chi connectivity index (χ0v) is 11.5. The van der Waals surface area contributed by atoms with Crippen molar-refractivity contribution in [2.75, 3.05) is 6.61 Å². The molecule has 0 fully saturated rings. The van der Waals surface area contributed by atoms with E-state index in [-0.39, 0.29) is 0 Å². The Balaban J connectivity index is 1.85. The molecule has 0 aliphatic heterocycles. The van der Waals surface area contributed by atoms with E-state index < -0.39 is 0 Å². The predicted molar refractivity (Wildman–Crippen MR) is 81.5 cm³/mol. The van der Waals surface area contributed by atoms with Crippen LogP contribution in [-0.4, -0.2) is 6.61 Å². The molecule has 1 nitrogen and oxygen atoms in total. The van der Waals surface area contributed by atoms with E-state index in [1.54, 1.807) is 0 Å². The summed E-state index contributed by atoms with van der Waals surface area (Å²) in [5, 5.41) is 0. The van der Waals surface area contributed by atoms with Gasteiger partial charge in [-0.15, -0.1) is 0 Å². The van der Waals surface area contributed by atoms with Gasteiger partial charge in [-0.2, -0.15) is 0 Å². The number of rotatable bonds is 5. The third-order valence-corrected chi connectivity index (χ3v) is 3.00. The summed E-state index contributed by atoms with van der Waals surface area (Å²) in [6.45, 7) is 5.01. The first kappa shape index (κ1) is 13.4. The van der Waals surface area contributed by atoms with Gasteiger partial charge >= 0.3 is 0 Å². The van der Waals surface area contributed by atoms with Crippen molar-refractivity contribution < 1.29 is 4.74 Å². The molecule has 1 heteroatoms. The van der Waals surface area contributed by atoms with E-state index in [2.05, 4.69) is 44.2 Å². The summed E-state index contributed by atoms with van der Waals surface area (Å²) in [6.07, 6.45) is 4.13. The fraction of sp³-hybridized carbons (Fsp3) is 0.222. The summed E-state index contributed by atoms with van der Waals surface area (Å²) in [4.78, 5) is 0. The zero-order valence-electron chi connectivity index (χ0n) is 11.5. The molecule has 0 spiro atoms. The van der Waals surface area contributed by atoms with Crippen LogP contribution in [0.25, 0.3) is 6.08 Å². The maximum absolute atomic E-state index is 5.60. The van der Waals surface area contributed by atoms with Crippen molar-refractivity contribution in [1.82, 2.24) is 0 Å². The molecular formula is C18H20O. The Bertz CT molecular complexity index is 509. The zero-order chi connectivity index (χ0) is 13.5. The lowest BCUT2D eigenvalue weighted by molar-refractivity contribution is 0.363. The van der Waals surface area contributed by atoms with Crippen molar-refractivity contribution in [3.63, 3.8) is 0 Å². The van der Waals surface area contributed by atoms with Crippen LogP contribution in [0.4, 0.5) is 0 Å². The molecular weight excluding hydrogens is 232 g/mol. The first-order valence-corrected chi connectivity index (χ1v) is 6.70. The second-order valence-electron chi connectivity index (χ2n) is 4.85. The smallest absolute Gasteiger partial charge is 0.119 e. The highest BCUT2D eigenvalue weighted by molar-refractivity contribution is 5.50. The Labute approximate surface area is 115 Å². The van der Waals surface area contributed by atoms with Gasteiger partial charge in [0.1, 0.15) is 12.4 Å². The van der Waals surface area contributed by atoms with Crippen LogP contribution in [-0.2, 0) is 0 Å². The molecule has 0 bridgehead atoms. The number of hydrogen-bond acceptors (Lipinski definition) is 1. The molecule has 0 saturated carbocycles. The number of para-hydroxylation sites is 1. The molecule has 2 aromatic carbocycles. The lowest BCUT2D eigenvalue weighted by atomic mass is 10.0. The molecule has 0 aliphatic rings. The SMILES string of the molecule is CC(C)c1ccc(/C=C/COc2ccccc2)cc1. The van der Waals surface area contributed by atoms with Gasteiger partial charge in [0.05, 0.1) is 0 Å². The van der Waals surface area contributed by atoms with Crippen molar-refractivity contribution in [3.05, 3.63) is 71.8 Å².